The third-order valence-electron chi connectivity index (χ3n) is 2.19. The molecule has 1 rings (SSSR count). The van der Waals surface area contributed by atoms with Crippen LogP contribution in [0.25, 0.3) is 0 Å². The fourth-order valence-electron chi connectivity index (χ4n) is 1.48. The minimum absolute atomic E-state index is 0.212. The topological polar surface area (TPSA) is 62.1 Å². The van der Waals surface area contributed by atoms with E-state index in [-0.39, 0.29) is 12.5 Å². The molecule has 0 aliphatic heterocycles. The van der Waals surface area contributed by atoms with E-state index in [1.807, 2.05) is 30.3 Å². The molecule has 0 spiro atoms. The number of amides is 1. The second-order valence-corrected chi connectivity index (χ2v) is 4.97. The molecule has 1 aromatic rings. The van der Waals surface area contributed by atoms with E-state index in [0.717, 1.165) is 5.56 Å². The van der Waals surface area contributed by atoms with Gasteiger partial charge in [-0.25, -0.2) is 4.79 Å². The minimum atomic E-state index is -0.544. The molecule has 0 aromatic heterocycles. The van der Waals surface area contributed by atoms with Crippen LogP contribution in [0.5, 0.6) is 0 Å². The van der Waals surface area contributed by atoms with Crippen molar-refractivity contribution in [3.05, 3.63) is 35.9 Å². The van der Waals surface area contributed by atoms with Gasteiger partial charge in [-0.2, -0.15) is 5.26 Å². The third-order valence-corrected chi connectivity index (χ3v) is 2.19. The van der Waals surface area contributed by atoms with E-state index in [1.54, 1.807) is 20.8 Å². The Hall–Kier alpha value is -2.02. The summed E-state index contributed by atoms with van der Waals surface area (Å²) in [6, 6.07) is 11.1. The van der Waals surface area contributed by atoms with Crippen LogP contribution in [-0.4, -0.2) is 11.7 Å². The fourth-order valence-corrected chi connectivity index (χ4v) is 1.48. The Kier molecular flexibility index (Phi) is 4.73. The number of hydrogen-bond donors (Lipinski definition) is 1. The summed E-state index contributed by atoms with van der Waals surface area (Å²) in [6.45, 7) is 5.40. The maximum absolute atomic E-state index is 11.7. The molecule has 0 radical (unpaired) electrons. The molecule has 0 fully saturated rings. The van der Waals surface area contributed by atoms with Crippen LogP contribution in [0.3, 0.4) is 0 Å². The van der Waals surface area contributed by atoms with Gasteiger partial charge in [0, 0.05) is 0 Å². The largest absolute Gasteiger partial charge is 0.444 e. The summed E-state index contributed by atoms with van der Waals surface area (Å²) in [5.74, 6) is 0. The first-order valence-corrected chi connectivity index (χ1v) is 5.84. The van der Waals surface area contributed by atoms with Gasteiger partial charge in [-0.05, 0) is 26.3 Å². The summed E-state index contributed by atoms with van der Waals surface area (Å²) in [5.41, 5.74) is 0.350. The molecule has 0 bridgehead atoms. The molecule has 96 valence electrons. The van der Waals surface area contributed by atoms with Crippen LogP contribution in [0, 0.1) is 11.3 Å². The number of nitrogens with zero attached hydrogens (tertiary/aromatic N) is 1. The lowest BCUT2D eigenvalue weighted by molar-refractivity contribution is 0.0504. The van der Waals surface area contributed by atoms with Crippen LogP contribution < -0.4 is 5.32 Å². The maximum atomic E-state index is 11.7. The molecule has 0 aliphatic rings. The summed E-state index contributed by atoms with van der Waals surface area (Å²) >= 11 is 0. The van der Waals surface area contributed by atoms with Crippen molar-refractivity contribution in [1.29, 1.82) is 5.26 Å². The van der Waals surface area contributed by atoms with E-state index in [2.05, 4.69) is 11.4 Å². The average molecular weight is 246 g/mol. The number of nitrogens with one attached hydrogen (secondary N) is 1. The number of rotatable bonds is 3. The number of nitriles is 1. The number of ether oxygens (including phenoxy) is 1. The minimum Gasteiger partial charge on any atom is -0.444 e. The van der Waals surface area contributed by atoms with Crippen LogP contribution in [0.1, 0.15) is 38.8 Å². The fraction of sp³-hybridized carbons (Fsp3) is 0.429. The van der Waals surface area contributed by atoms with Gasteiger partial charge in [-0.3, -0.25) is 0 Å². The molecule has 0 aliphatic carbocycles. The zero-order chi connectivity index (χ0) is 13.6. The molecule has 1 atom stereocenters. The Labute approximate surface area is 108 Å². The smallest absolute Gasteiger partial charge is 0.408 e. The van der Waals surface area contributed by atoms with Gasteiger partial charge in [0.1, 0.15) is 5.60 Å². The van der Waals surface area contributed by atoms with Crippen LogP contribution >= 0.6 is 0 Å². The molecule has 1 unspecified atom stereocenters. The molecule has 1 aromatic carbocycles. The highest BCUT2D eigenvalue weighted by Gasteiger charge is 2.20. The molecule has 1 N–H and O–H groups in total. The second-order valence-electron chi connectivity index (χ2n) is 4.97. The Bertz CT molecular complexity index is 429. The molecular weight excluding hydrogens is 228 g/mol. The Morgan fingerprint density at radius 2 is 2.00 bits per heavy atom. The monoisotopic (exact) mass is 246 g/mol. The predicted octanol–water partition coefficient (Wildman–Crippen LogP) is 3.17. The van der Waals surface area contributed by atoms with E-state index in [0.29, 0.717) is 0 Å². The van der Waals surface area contributed by atoms with Crippen molar-refractivity contribution in [1.82, 2.24) is 5.32 Å². The zero-order valence-electron chi connectivity index (χ0n) is 10.9. The van der Waals surface area contributed by atoms with Crippen LogP contribution in [0.2, 0.25) is 0 Å². The summed E-state index contributed by atoms with van der Waals surface area (Å²) in [6.07, 6.45) is -0.296. The Balaban J connectivity index is 2.71. The molecule has 0 saturated carbocycles. The molecule has 4 heteroatoms. The molecule has 0 heterocycles. The van der Waals surface area contributed by atoms with Gasteiger partial charge in [-0.1, -0.05) is 30.3 Å². The highest BCUT2D eigenvalue weighted by molar-refractivity contribution is 5.68. The van der Waals surface area contributed by atoms with E-state index in [1.165, 1.54) is 0 Å². The number of carbonyl (C=O) groups excluding carboxylic acids is 1. The summed E-state index contributed by atoms with van der Waals surface area (Å²) in [5, 5.41) is 11.5. The van der Waals surface area contributed by atoms with Gasteiger partial charge in [0.2, 0.25) is 0 Å². The van der Waals surface area contributed by atoms with Gasteiger partial charge in [0.25, 0.3) is 0 Å². The normalized spacial score (nSPS) is 12.3. The summed E-state index contributed by atoms with van der Waals surface area (Å²) < 4.78 is 5.18. The van der Waals surface area contributed by atoms with Gasteiger partial charge in [0.05, 0.1) is 18.5 Å². The first-order valence-electron chi connectivity index (χ1n) is 5.84. The van der Waals surface area contributed by atoms with Gasteiger partial charge < -0.3 is 10.1 Å². The summed E-state index contributed by atoms with van der Waals surface area (Å²) in [4.78, 5) is 11.7. The third kappa shape index (κ3) is 4.88. The van der Waals surface area contributed by atoms with Crippen molar-refractivity contribution in [2.45, 2.75) is 38.8 Å². The first kappa shape index (κ1) is 14.0. The number of benzene rings is 1. The lowest BCUT2D eigenvalue weighted by atomic mass is 10.0. The molecular formula is C14H18N2O2. The van der Waals surface area contributed by atoms with Crippen LogP contribution in [0.4, 0.5) is 4.79 Å². The molecule has 0 saturated heterocycles. The molecule has 4 nitrogen and oxygen atoms in total. The second kappa shape index (κ2) is 6.06. The van der Waals surface area contributed by atoms with Gasteiger partial charge >= 0.3 is 6.09 Å². The zero-order valence-corrected chi connectivity index (χ0v) is 10.9. The van der Waals surface area contributed by atoms with Gasteiger partial charge in [0.15, 0.2) is 0 Å². The highest BCUT2D eigenvalue weighted by Crippen LogP contribution is 2.17. The van der Waals surface area contributed by atoms with E-state index >= 15 is 0 Å². The van der Waals surface area contributed by atoms with Crippen LogP contribution in [0.15, 0.2) is 30.3 Å². The Morgan fingerprint density at radius 1 is 1.39 bits per heavy atom. The predicted molar refractivity (Wildman–Crippen MR) is 68.8 cm³/mol. The SMILES string of the molecule is CC(C)(C)OC(=O)NC(CC#N)c1ccccc1. The van der Waals surface area contributed by atoms with Crippen molar-refractivity contribution in [3.63, 3.8) is 0 Å². The van der Waals surface area contributed by atoms with E-state index in [9.17, 15) is 4.79 Å². The first-order chi connectivity index (χ1) is 8.42. The van der Waals surface area contributed by atoms with Crippen molar-refractivity contribution in [3.8, 4) is 6.07 Å². The molecule has 1 amide bonds. The standard InChI is InChI=1S/C14H18N2O2/c1-14(2,3)18-13(17)16-12(9-10-15)11-7-5-4-6-8-11/h4-8,12H,9H2,1-3H3,(H,16,17). The molecule has 18 heavy (non-hydrogen) atoms. The van der Waals surface area contributed by atoms with Crippen LogP contribution in [-0.2, 0) is 4.74 Å². The van der Waals surface area contributed by atoms with Crippen molar-refractivity contribution < 1.29 is 9.53 Å². The number of hydrogen-bond acceptors (Lipinski definition) is 3. The maximum Gasteiger partial charge on any atom is 0.408 e. The lowest BCUT2D eigenvalue weighted by Crippen LogP contribution is -2.34. The number of carbonyl (C=O) groups is 1. The average Bonchev–Trinajstić information content (AvgIpc) is 2.27. The quantitative estimate of drug-likeness (QED) is 0.891. The van der Waals surface area contributed by atoms with Crippen molar-refractivity contribution in [2.75, 3.05) is 0 Å². The van der Waals surface area contributed by atoms with E-state index in [4.69, 9.17) is 10.00 Å². The van der Waals surface area contributed by atoms with E-state index < -0.39 is 11.7 Å². The highest BCUT2D eigenvalue weighted by atomic mass is 16.6. The Morgan fingerprint density at radius 3 is 2.50 bits per heavy atom. The number of alkyl carbamates (subject to hydrolysis) is 1. The lowest BCUT2D eigenvalue weighted by Gasteiger charge is -2.22. The summed E-state index contributed by atoms with van der Waals surface area (Å²) in [7, 11) is 0. The van der Waals surface area contributed by atoms with Gasteiger partial charge in [-0.15, -0.1) is 0 Å². The van der Waals surface area contributed by atoms with Crippen molar-refractivity contribution in [2.24, 2.45) is 0 Å². The van der Waals surface area contributed by atoms with Crippen molar-refractivity contribution >= 4 is 6.09 Å².